The van der Waals surface area contributed by atoms with Gasteiger partial charge in [0.15, 0.2) is 0 Å². The smallest absolute Gasteiger partial charge is 0.302 e. The number of rotatable bonds is 6. The molecule has 0 radical (unpaired) electrons. The predicted molar refractivity (Wildman–Crippen MR) is 126 cm³/mol. The molecular weight excluding hydrogens is 384 g/mol. The standard InChI is InChI=1S/C28H46O3/c1-19(29)31-22-13-16-28(5)21(18-22)9-11-23-24-12-10-20(8-6-7-15-26(2,3)30)27(24,4)17-14-25(23)28/h9,20,22-25,30H,6-8,10-18H2,1-5H3/t20-,22?,23-,24-,25-,27+,28-/m0/s1. The number of carbonyl (C=O) groups is 1. The summed E-state index contributed by atoms with van der Waals surface area (Å²) in [5.74, 6) is 3.29. The maximum Gasteiger partial charge on any atom is 0.302 e. The van der Waals surface area contributed by atoms with Crippen molar-refractivity contribution < 1.29 is 14.6 Å². The molecule has 7 atom stereocenters. The van der Waals surface area contributed by atoms with Gasteiger partial charge in [0.25, 0.3) is 0 Å². The third-order valence-corrected chi connectivity index (χ3v) is 10.2. The molecule has 0 bridgehead atoms. The average Bonchev–Trinajstić information content (AvgIpc) is 3.01. The number of allylic oxidation sites excluding steroid dienone is 1. The molecule has 0 heterocycles. The van der Waals surface area contributed by atoms with Gasteiger partial charge in [-0.25, -0.2) is 0 Å². The maximum absolute atomic E-state index is 11.5. The van der Waals surface area contributed by atoms with Crippen LogP contribution in [0.25, 0.3) is 0 Å². The number of aliphatic hydroxyl groups is 1. The van der Waals surface area contributed by atoms with E-state index in [2.05, 4.69) is 19.9 Å². The second-order valence-corrected chi connectivity index (χ2v) is 12.6. The number of unbranched alkanes of at least 4 members (excludes halogenated alkanes) is 1. The second kappa shape index (κ2) is 8.50. The first-order valence-corrected chi connectivity index (χ1v) is 13.1. The first-order chi connectivity index (χ1) is 14.5. The molecule has 4 aliphatic carbocycles. The molecule has 31 heavy (non-hydrogen) atoms. The van der Waals surface area contributed by atoms with E-state index < -0.39 is 5.60 Å². The third kappa shape index (κ3) is 4.50. The van der Waals surface area contributed by atoms with Gasteiger partial charge in [-0.15, -0.1) is 0 Å². The topological polar surface area (TPSA) is 46.5 Å². The van der Waals surface area contributed by atoms with Crippen molar-refractivity contribution in [3.05, 3.63) is 11.6 Å². The van der Waals surface area contributed by atoms with E-state index in [1.54, 1.807) is 12.5 Å². The zero-order valence-corrected chi connectivity index (χ0v) is 20.7. The first-order valence-electron chi connectivity index (χ1n) is 13.1. The third-order valence-electron chi connectivity index (χ3n) is 10.2. The van der Waals surface area contributed by atoms with Gasteiger partial charge in [-0.05, 0) is 106 Å². The van der Waals surface area contributed by atoms with Crippen molar-refractivity contribution in [1.82, 2.24) is 0 Å². The Labute approximate surface area is 190 Å². The van der Waals surface area contributed by atoms with E-state index >= 15 is 0 Å². The minimum absolute atomic E-state index is 0.0991. The van der Waals surface area contributed by atoms with Crippen LogP contribution in [0.5, 0.6) is 0 Å². The van der Waals surface area contributed by atoms with E-state index in [1.165, 1.54) is 51.4 Å². The molecule has 1 N–H and O–H groups in total. The van der Waals surface area contributed by atoms with Crippen molar-refractivity contribution in [1.29, 1.82) is 0 Å². The number of esters is 1. The fraction of sp³-hybridized carbons (Fsp3) is 0.893. The van der Waals surface area contributed by atoms with Crippen LogP contribution in [0.15, 0.2) is 11.6 Å². The molecule has 1 unspecified atom stereocenters. The monoisotopic (exact) mass is 430 g/mol. The van der Waals surface area contributed by atoms with E-state index in [-0.39, 0.29) is 12.1 Å². The van der Waals surface area contributed by atoms with Gasteiger partial charge in [0.1, 0.15) is 6.10 Å². The van der Waals surface area contributed by atoms with Gasteiger partial charge in [0, 0.05) is 13.3 Å². The fourth-order valence-corrected chi connectivity index (χ4v) is 8.49. The lowest BCUT2D eigenvalue weighted by Gasteiger charge is -2.58. The summed E-state index contributed by atoms with van der Waals surface area (Å²) in [5, 5.41) is 10.0. The minimum atomic E-state index is -0.518. The highest BCUT2D eigenvalue weighted by molar-refractivity contribution is 5.66. The van der Waals surface area contributed by atoms with Crippen LogP contribution in [0.4, 0.5) is 0 Å². The normalized spacial score (nSPS) is 42.3. The molecule has 0 spiro atoms. The van der Waals surface area contributed by atoms with Crippen LogP contribution >= 0.6 is 0 Å². The van der Waals surface area contributed by atoms with Crippen molar-refractivity contribution in [2.45, 2.75) is 123 Å². The number of hydrogen-bond donors (Lipinski definition) is 1. The molecule has 3 fully saturated rings. The zero-order chi connectivity index (χ0) is 22.4. The Kier molecular flexibility index (Phi) is 6.40. The lowest BCUT2D eigenvalue weighted by Crippen LogP contribution is -2.50. The average molecular weight is 431 g/mol. The van der Waals surface area contributed by atoms with Crippen LogP contribution in [0.3, 0.4) is 0 Å². The summed E-state index contributed by atoms with van der Waals surface area (Å²) >= 11 is 0. The molecule has 176 valence electrons. The molecular formula is C28H46O3. The van der Waals surface area contributed by atoms with E-state index in [9.17, 15) is 9.90 Å². The number of carbonyl (C=O) groups excluding carboxylic acids is 1. The summed E-state index contributed by atoms with van der Waals surface area (Å²) in [6, 6.07) is 0. The van der Waals surface area contributed by atoms with Crippen LogP contribution in [-0.2, 0) is 9.53 Å². The van der Waals surface area contributed by atoms with Crippen LogP contribution in [-0.4, -0.2) is 22.8 Å². The number of hydrogen-bond acceptors (Lipinski definition) is 3. The van der Waals surface area contributed by atoms with Crippen LogP contribution < -0.4 is 0 Å². The van der Waals surface area contributed by atoms with Crippen LogP contribution in [0.1, 0.15) is 112 Å². The van der Waals surface area contributed by atoms with Crippen LogP contribution in [0.2, 0.25) is 0 Å². The molecule has 3 heteroatoms. The molecule has 3 nitrogen and oxygen atoms in total. The summed E-state index contributed by atoms with van der Waals surface area (Å²) in [5.41, 5.74) is 1.92. The molecule has 0 aromatic carbocycles. The Hall–Kier alpha value is -0.830. The quantitative estimate of drug-likeness (QED) is 0.285. The first kappa shape index (κ1) is 23.3. The molecule has 3 saturated carbocycles. The molecule has 0 aromatic rings. The van der Waals surface area contributed by atoms with Gasteiger partial charge in [-0.1, -0.05) is 38.3 Å². The molecule has 4 aliphatic rings. The minimum Gasteiger partial charge on any atom is -0.462 e. The van der Waals surface area contributed by atoms with E-state index in [0.29, 0.717) is 10.8 Å². The van der Waals surface area contributed by atoms with Gasteiger partial charge in [-0.3, -0.25) is 4.79 Å². The maximum atomic E-state index is 11.5. The van der Waals surface area contributed by atoms with E-state index in [1.807, 2.05) is 13.8 Å². The van der Waals surface area contributed by atoms with Crippen LogP contribution in [0, 0.1) is 34.5 Å². The summed E-state index contributed by atoms with van der Waals surface area (Å²) in [6.07, 6.45) is 17.4. The van der Waals surface area contributed by atoms with Crippen molar-refractivity contribution in [3.8, 4) is 0 Å². The van der Waals surface area contributed by atoms with Gasteiger partial charge in [0.2, 0.25) is 0 Å². The molecule has 0 aromatic heterocycles. The van der Waals surface area contributed by atoms with Crippen molar-refractivity contribution in [2.24, 2.45) is 34.5 Å². The zero-order valence-electron chi connectivity index (χ0n) is 20.7. The highest BCUT2D eigenvalue weighted by Gasteiger charge is 2.58. The molecule has 0 saturated heterocycles. The summed E-state index contributed by atoms with van der Waals surface area (Å²) in [7, 11) is 0. The van der Waals surface area contributed by atoms with Gasteiger partial charge < -0.3 is 9.84 Å². The number of fused-ring (bicyclic) bond motifs is 5. The van der Waals surface area contributed by atoms with Gasteiger partial charge in [0.05, 0.1) is 5.60 Å². The van der Waals surface area contributed by atoms with Crippen molar-refractivity contribution in [2.75, 3.05) is 0 Å². The SMILES string of the molecule is CC(=O)OC1CC[C@@]2(C)C(=CC[C@H]3[C@@H]4CC[C@H](CCCCC(C)(C)O)[C@@]4(C)CC[C@@H]32)C1. The Morgan fingerprint density at radius 3 is 2.61 bits per heavy atom. The van der Waals surface area contributed by atoms with Gasteiger partial charge >= 0.3 is 5.97 Å². The summed E-state index contributed by atoms with van der Waals surface area (Å²) < 4.78 is 5.59. The predicted octanol–water partition coefficient (Wildman–Crippen LogP) is 6.83. The molecule has 0 amide bonds. The Morgan fingerprint density at radius 1 is 1.13 bits per heavy atom. The Balaban J connectivity index is 1.42. The molecule has 0 aliphatic heterocycles. The van der Waals surface area contributed by atoms with Crippen molar-refractivity contribution in [3.63, 3.8) is 0 Å². The fourth-order valence-electron chi connectivity index (χ4n) is 8.49. The Morgan fingerprint density at radius 2 is 1.90 bits per heavy atom. The molecule has 4 rings (SSSR count). The second-order valence-electron chi connectivity index (χ2n) is 12.6. The summed E-state index contributed by atoms with van der Waals surface area (Å²) in [6.45, 7) is 10.6. The lowest BCUT2D eigenvalue weighted by atomic mass is 9.47. The van der Waals surface area contributed by atoms with E-state index in [4.69, 9.17) is 4.74 Å². The highest BCUT2D eigenvalue weighted by atomic mass is 16.5. The summed E-state index contributed by atoms with van der Waals surface area (Å²) in [4.78, 5) is 11.5. The van der Waals surface area contributed by atoms with Crippen molar-refractivity contribution >= 4 is 5.97 Å². The van der Waals surface area contributed by atoms with Gasteiger partial charge in [-0.2, -0.15) is 0 Å². The number of ether oxygens (including phenoxy) is 1. The Bertz CT molecular complexity index is 704. The largest absolute Gasteiger partial charge is 0.462 e. The highest BCUT2D eigenvalue weighted by Crippen LogP contribution is 2.66. The van der Waals surface area contributed by atoms with E-state index in [0.717, 1.165) is 49.4 Å². The lowest BCUT2D eigenvalue weighted by molar-refractivity contribution is -0.148.